The first kappa shape index (κ1) is 22.8. The zero-order chi connectivity index (χ0) is 23.8. The van der Waals surface area contributed by atoms with E-state index in [4.69, 9.17) is 4.74 Å². The van der Waals surface area contributed by atoms with Gasteiger partial charge in [-0.05, 0) is 48.9 Å². The van der Waals surface area contributed by atoms with Crippen LogP contribution in [0.15, 0.2) is 48.8 Å². The minimum atomic E-state index is -4.42. The number of carbonyl (C=O) groups is 1. The highest BCUT2D eigenvalue weighted by atomic mass is 19.4. The van der Waals surface area contributed by atoms with Crippen molar-refractivity contribution in [3.05, 3.63) is 59.9 Å². The molecule has 2 N–H and O–H groups in total. The van der Waals surface area contributed by atoms with Crippen LogP contribution in [0.2, 0.25) is 0 Å². The number of amides is 1. The fourth-order valence-electron chi connectivity index (χ4n) is 3.87. The molecule has 33 heavy (non-hydrogen) atoms. The van der Waals surface area contributed by atoms with E-state index in [1.165, 1.54) is 12.1 Å². The van der Waals surface area contributed by atoms with Crippen LogP contribution < -0.4 is 5.32 Å². The van der Waals surface area contributed by atoms with Crippen LogP contribution in [0.3, 0.4) is 0 Å². The Hall–Kier alpha value is -3.37. The van der Waals surface area contributed by atoms with Crippen molar-refractivity contribution >= 4 is 28.0 Å². The van der Waals surface area contributed by atoms with Crippen molar-refractivity contribution in [2.45, 2.75) is 18.6 Å². The van der Waals surface area contributed by atoms with E-state index in [-0.39, 0.29) is 12.5 Å². The smallest absolute Gasteiger partial charge is 0.394 e. The number of aliphatic hydroxyl groups excluding tert-OH is 1. The maximum absolute atomic E-state index is 13.0. The lowest BCUT2D eigenvalue weighted by Crippen LogP contribution is -2.38. The Morgan fingerprint density at radius 3 is 2.58 bits per heavy atom. The number of carbonyl (C=O) groups excluding carboxylic acids is 1. The second-order valence-corrected chi connectivity index (χ2v) is 7.77. The molecule has 0 aliphatic heterocycles. The molecule has 0 radical (unpaired) electrons. The minimum absolute atomic E-state index is 0.215. The third-order valence-electron chi connectivity index (χ3n) is 5.56. The van der Waals surface area contributed by atoms with Gasteiger partial charge in [-0.1, -0.05) is 0 Å². The Labute approximate surface area is 187 Å². The van der Waals surface area contributed by atoms with Crippen molar-refractivity contribution in [3.8, 4) is 5.69 Å². The lowest BCUT2D eigenvalue weighted by atomic mass is 10.1. The molecule has 0 aliphatic carbocycles. The number of aryl methyl sites for hydroxylation is 1. The number of hydrogen-bond donors (Lipinski definition) is 2. The molecule has 10 heteroatoms. The van der Waals surface area contributed by atoms with Gasteiger partial charge in [0.05, 0.1) is 35.6 Å². The van der Waals surface area contributed by atoms with Crippen molar-refractivity contribution < 1.29 is 27.8 Å². The lowest BCUT2D eigenvalue weighted by Gasteiger charge is -2.16. The van der Waals surface area contributed by atoms with Crippen LogP contribution >= 0.6 is 0 Å². The first-order valence-electron chi connectivity index (χ1n) is 10.3. The Morgan fingerprint density at radius 1 is 1.21 bits per heavy atom. The number of benzene rings is 2. The molecule has 0 bridgehead atoms. The van der Waals surface area contributed by atoms with Gasteiger partial charge in [0.25, 0.3) is 5.91 Å². The number of ether oxygens (including phenoxy) is 1. The van der Waals surface area contributed by atoms with E-state index < -0.39 is 17.8 Å². The molecule has 2 heterocycles. The highest BCUT2D eigenvalue weighted by Gasteiger charge is 2.30. The topological polar surface area (TPSA) is 81.3 Å². The van der Waals surface area contributed by atoms with Crippen LogP contribution in [0.1, 0.15) is 22.3 Å². The summed E-state index contributed by atoms with van der Waals surface area (Å²) in [6.07, 6.45) is -2.34. The lowest BCUT2D eigenvalue weighted by molar-refractivity contribution is -0.137. The number of rotatable bonds is 7. The Bertz CT molecular complexity index is 1290. The van der Waals surface area contributed by atoms with Gasteiger partial charge in [-0.15, -0.1) is 0 Å². The molecule has 4 aromatic rings. The van der Waals surface area contributed by atoms with E-state index in [9.17, 15) is 23.1 Å². The monoisotopic (exact) mass is 460 g/mol. The van der Waals surface area contributed by atoms with Crippen LogP contribution in [0.4, 0.5) is 13.2 Å². The molecule has 7 nitrogen and oxygen atoms in total. The van der Waals surface area contributed by atoms with E-state index in [2.05, 4.69) is 10.3 Å². The number of halogens is 3. The summed E-state index contributed by atoms with van der Waals surface area (Å²) in [5.74, 6) is -0.343. The largest absolute Gasteiger partial charge is 0.416 e. The summed E-state index contributed by atoms with van der Waals surface area (Å²) in [5, 5.41) is 13.0. The van der Waals surface area contributed by atoms with Crippen LogP contribution in [0.25, 0.3) is 27.8 Å². The van der Waals surface area contributed by atoms with Gasteiger partial charge >= 0.3 is 6.18 Å². The maximum atomic E-state index is 13.0. The second kappa shape index (κ2) is 8.87. The first-order valence-corrected chi connectivity index (χ1v) is 10.3. The fourth-order valence-corrected chi connectivity index (χ4v) is 3.87. The standard InChI is InChI=1S/C23H23F3N4O3/c1-29-13-27-21-20(29)18-11-14(22(32)28-16(12-31)9-10-33-2)3-8-19(18)30(21)17-6-4-15(5-7-17)23(24,25)26/h3-8,11,13,16,31H,9-10,12H2,1-2H3,(H,28,32). The van der Waals surface area contributed by atoms with Crippen molar-refractivity contribution in [2.75, 3.05) is 20.3 Å². The number of imidazole rings is 1. The number of nitrogens with one attached hydrogen (secondary N) is 1. The van der Waals surface area contributed by atoms with Crippen molar-refractivity contribution in [1.29, 1.82) is 0 Å². The summed E-state index contributed by atoms with van der Waals surface area (Å²) in [4.78, 5) is 17.2. The summed E-state index contributed by atoms with van der Waals surface area (Å²) in [6.45, 7) is 0.184. The first-order chi connectivity index (χ1) is 15.7. The van der Waals surface area contributed by atoms with Crippen LogP contribution in [-0.4, -0.2) is 51.5 Å². The van der Waals surface area contributed by atoms with Crippen LogP contribution in [-0.2, 0) is 18.0 Å². The summed E-state index contributed by atoms with van der Waals surface area (Å²) >= 11 is 0. The molecule has 4 rings (SSSR count). The minimum Gasteiger partial charge on any atom is -0.394 e. The van der Waals surface area contributed by atoms with Gasteiger partial charge < -0.3 is 19.7 Å². The summed E-state index contributed by atoms with van der Waals surface area (Å²) in [5.41, 5.74) is 2.21. The Morgan fingerprint density at radius 2 is 1.94 bits per heavy atom. The molecule has 2 aromatic heterocycles. The Balaban J connectivity index is 1.77. The van der Waals surface area contributed by atoms with E-state index in [1.54, 1.807) is 40.8 Å². The van der Waals surface area contributed by atoms with Gasteiger partial charge in [-0.3, -0.25) is 9.36 Å². The van der Waals surface area contributed by atoms with Gasteiger partial charge in [-0.25, -0.2) is 4.98 Å². The SMILES string of the molecule is COCCC(CO)NC(=O)c1ccc2c(c1)c1c(ncn1C)n2-c1ccc(C(F)(F)F)cc1. The molecule has 0 spiro atoms. The third kappa shape index (κ3) is 4.31. The molecule has 2 aromatic carbocycles. The summed E-state index contributed by atoms with van der Waals surface area (Å²) < 4.78 is 47.6. The van der Waals surface area contributed by atoms with Gasteiger partial charge in [0.2, 0.25) is 0 Å². The van der Waals surface area contributed by atoms with Crippen molar-refractivity contribution in [3.63, 3.8) is 0 Å². The zero-order valence-electron chi connectivity index (χ0n) is 18.1. The molecular formula is C23H23F3N4O3. The zero-order valence-corrected chi connectivity index (χ0v) is 18.1. The number of hydrogen-bond acceptors (Lipinski definition) is 4. The van der Waals surface area contributed by atoms with E-state index in [0.717, 1.165) is 23.0 Å². The summed E-state index contributed by atoms with van der Waals surface area (Å²) in [6, 6.07) is 9.53. The molecule has 1 atom stereocenters. The molecule has 174 valence electrons. The van der Waals surface area contributed by atoms with E-state index >= 15 is 0 Å². The highest BCUT2D eigenvalue weighted by molar-refractivity contribution is 6.09. The molecule has 1 unspecified atom stereocenters. The molecule has 0 saturated heterocycles. The van der Waals surface area contributed by atoms with Gasteiger partial charge in [0.1, 0.15) is 0 Å². The van der Waals surface area contributed by atoms with Crippen LogP contribution in [0.5, 0.6) is 0 Å². The van der Waals surface area contributed by atoms with Gasteiger partial charge in [0.15, 0.2) is 5.65 Å². The predicted octanol–water partition coefficient (Wildman–Crippen LogP) is 3.66. The van der Waals surface area contributed by atoms with Crippen molar-refractivity contribution in [2.24, 2.45) is 7.05 Å². The average molecular weight is 460 g/mol. The molecule has 0 saturated carbocycles. The van der Waals surface area contributed by atoms with Crippen molar-refractivity contribution in [1.82, 2.24) is 19.4 Å². The normalized spacial score (nSPS) is 13.0. The number of alkyl halides is 3. The molecule has 0 aliphatic rings. The fraction of sp³-hybridized carbons (Fsp3) is 0.304. The summed E-state index contributed by atoms with van der Waals surface area (Å²) in [7, 11) is 3.36. The van der Waals surface area contributed by atoms with E-state index in [1.807, 2.05) is 7.05 Å². The number of aliphatic hydroxyl groups is 1. The Kier molecular flexibility index (Phi) is 6.13. The van der Waals surface area contributed by atoms with Crippen LogP contribution in [0, 0.1) is 0 Å². The predicted molar refractivity (Wildman–Crippen MR) is 117 cm³/mol. The highest BCUT2D eigenvalue weighted by Crippen LogP contribution is 2.34. The molecule has 0 fully saturated rings. The van der Waals surface area contributed by atoms with E-state index in [0.29, 0.717) is 35.4 Å². The van der Waals surface area contributed by atoms with Gasteiger partial charge in [0, 0.05) is 37.4 Å². The maximum Gasteiger partial charge on any atom is 0.416 e. The van der Waals surface area contributed by atoms with Gasteiger partial charge in [-0.2, -0.15) is 13.2 Å². The number of aromatic nitrogens is 3. The number of fused-ring (bicyclic) bond motifs is 3. The average Bonchev–Trinajstić information content (AvgIpc) is 3.33. The number of methoxy groups -OCH3 is 1. The second-order valence-electron chi connectivity index (χ2n) is 7.77. The third-order valence-corrected chi connectivity index (χ3v) is 5.56. The number of nitrogens with zero attached hydrogens (tertiary/aromatic N) is 3. The quantitative estimate of drug-likeness (QED) is 0.441. The molecular weight excluding hydrogens is 437 g/mol. The molecule has 1 amide bonds.